The highest BCUT2D eigenvalue weighted by molar-refractivity contribution is 7.12. The minimum atomic E-state index is -0.559. The number of aliphatic hydroxyl groups is 1. The third kappa shape index (κ3) is 3.89. The third-order valence-corrected chi connectivity index (χ3v) is 4.59. The normalized spacial score (nSPS) is 12.3. The molecule has 0 bridgehead atoms. The van der Waals surface area contributed by atoms with Gasteiger partial charge >= 0.3 is 0 Å². The van der Waals surface area contributed by atoms with Crippen molar-refractivity contribution in [3.05, 3.63) is 44.3 Å². The molecule has 0 saturated heterocycles. The number of thiophene rings is 2. The van der Waals surface area contributed by atoms with E-state index in [2.05, 4.69) is 5.32 Å². The quantitative estimate of drug-likeness (QED) is 0.859. The van der Waals surface area contributed by atoms with Crippen LogP contribution >= 0.6 is 22.7 Å². The lowest BCUT2D eigenvalue weighted by molar-refractivity contribution is -0.121. The first-order valence-electron chi connectivity index (χ1n) is 6.26. The Hall–Kier alpha value is -1.17. The molecule has 0 aliphatic heterocycles. The van der Waals surface area contributed by atoms with Crippen LogP contribution in [-0.4, -0.2) is 11.0 Å². The van der Waals surface area contributed by atoms with Crippen LogP contribution in [0.3, 0.4) is 0 Å². The van der Waals surface area contributed by atoms with Crippen molar-refractivity contribution in [3.63, 3.8) is 0 Å². The van der Waals surface area contributed by atoms with Gasteiger partial charge in [0.25, 0.3) is 0 Å². The molecule has 2 aromatic heterocycles. The Labute approximate surface area is 120 Å². The predicted molar refractivity (Wildman–Crippen MR) is 79.5 cm³/mol. The van der Waals surface area contributed by atoms with Crippen molar-refractivity contribution in [2.75, 3.05) is 0 Å². The van der Waals surface area contributed by atoms with Crippen molar-refractivity contribution in [1.29, 1.82) is 0 Å². The maximum atomic E-state index is 11.4. The lowest BCUT2D eigenvalue weighted by atomic mass is 10.2. The molecule has 1 unspecified atom stereocenters. The highest BCUT2D eigenvalue weighted by atomic mass is 32.1. The van der Waals surface area contributed by atoms with Crippen LogP contribution in [0.4, 0.5) is 0 Å². The van der Waals surface area contributed by atoms with E-state index in [0.717, 1.165) is 21.7 Å². The molecule has 2 heterocycles. The SMILES string of the molecule is CCCC(=O)NCc1ccc(C(O)c2ccsc2)s1. The second-order valence-corrected chi connectivity index (χ2v) is 6.27. The first-order valence-corrected chi connectivity index (χ1v) is 8.02. The fourth-order valence-corrected chi connectivity index (χ4v) is 3.38. The van der Waals surface area contributed by atoms with E-state index in [1.165, 1.54) is 11.3 Å². The summed E-state index contributed by atoms with van der Waals surface area (Å²) < 4.78 is 0. The zero-order valence-corrected chi connectivity index (χ0v) is 12.4. The Morgan fingerprint density at radius 3 is 2.95 bits per heavy atom. The zero-order chi connectivity index (χ0) is 13.7. The van der Waals surface area contributed by atoms with E-state index in [1.807, 2.05) is 35.9 Å². The van der Waals surface area contributed by atoms with Crippen molar-refractivity contribution in [3.8, 4) is 0 Å². The van der Waals surface area contributed by atoms with Crippen molar-refractivity contribution >= 4 is 28.6 Å². The van der Waals surface area contributed by atoms with Crippen molar-refractivity contribution in [2.45, 2.75) is 32.4 Å². The topological polar surface area (TPSA) is 49.3 Å². The second kappa shape index (κ2) is 6.84. The van der Waals surface area contributed by atoms with Gasteiger partial charge in [0.05, 0.1) is 6.54 Å². The summed E-state index contributed by atoms with van der Waals surface area (Å²) in [6.07, 6.45) is 0.866. The third-order valence-electron chi connectivity index (χ3n) is 2.75. The maximum Gasteiger partial charge on any atom is 0.220 e. The molecule has 0 aliphatic rings. The lowest BCUT2D eigenvalue weighted by Crippen LogP contribution is -2.21. The minimum absolute atomic E-state index is 0.0795. The molecule has 0 saturated carbocycles. The molecule has 0 aliphatic carbocycles. The molecule has 0 aromatic carbocycles. The van der Waals surface area contributed by atoms with Crippen LogP contribution < -0.4 is 5.32 Å². The number of carbonyl (C=O) groups is 1. The summed E-state index contributed by atoms with van der Waals surface area (Å²) in [5, 5.41) is 17.0. The lowest BCUT2D eigenvalue weighted by Gasteiger charge is -2.05. The summed E-state index contributed by atoms with van der Waals surface area (Å²) in [4.78, 5) is 13.4. The highest BCUT2D eigenvalue weighted by Crippen LogP contribution is 2.29. The molecule has 2 rings (SSSR count). The molecule has 0 spiro atoms. The second-order valence-electron chi connectivity index (χ2n) is 4.29. The molecular formula is C14H17NO2S2. The molecule has 19 heavy (non-hydrogen) atoms. The Balaban J connectivity index is 1.94. The Bertz CT molecular complexity index is 519. The Morgan fingerprint density at radius 1 is 1.42 bits per heavy atom. The molecule has 1 atom stereocenters. The number of hydrogen-bond donors (Lipinski definition) is 2. The van der Waals surface area contributed by atoms with E-state index >= 15 is 0 Å². The summed E-state index contributed by atoms with van der Waals surface area (Å²) in [6.45, 7) is 2.53. The smallest absolute Gasteiger partial charge is 0.220 e. The predicted octanol–water partition coefficient (Wildman–Crippen LogP) is 3.31. The Kier molecular flexibility index (Phi) is 5.13. The molecule has 2 N–H and O–H groups in total. The van der Waals surface area contributed by atoms with Gasteiger partial charge in [0.15, 0.2) is 0 Å². The van der Waals surface area contributed by atoms with E-state index < -0.39 is 6.10 Å². The average Bonchev–Trinajstić information content (AvgIpc) is 3.07. The number of aliphatic hydroxyl groups excluding tert-OH is 1. The fourth-order valence-electron chi connectivity index (χ4n) is 1.73. The van der Waals surface area contributed by atoms with Gasteiger partial charge < -0.3 is 10.4 Å². The summed E-state index contributed by atoms with van der Waals surface area (Å²) in [5.74, 6) is 0.0795. The van der Waals surface area contributed by atoms with Crippen LogP contribution in [0.15, 0.2) is 29.0 Å². The summed E-state index contributed by atoms with van der Waals surface area (Å²) in [7, 11) is 0. The largest absolute Gasteiger partial charge is 0.383 e. The van der Waals surface area contributed by atoms with Crippen molar-refractivity contribution < 1.29 is 9.90 Å². The van der Waals surface area contributed by atoms with Gasteiger partial charge in [-0.3, -0.25) is 4.79 Å². The van der Waals surface area contributed by atoms with E-state index in [1.54, 1.807) is 11.3 Å². The number of carbonyl (C=O) groups excluding carboxylic acids is 1. The van der Waals surface area contributed by atoms with Crippen molar-refractivity contribution in [1.82, 2.24) is 5.32 Å². The zero-order valence-electron chi connectivity index (χ0n) is 10.8. The van der Waals surface area contributed by atoms with Gasteiger partial charge in [0, 0.05) is 16.2 Å². The van der Waals surface area contributed by atoms with E-state index in [9.17, 15) is 9.90 Å². The summed E-state index contributed by atoms with van der Waals surface area (Å²) in [6, 6.07) is 5.81. The molecular weight excluding hydrogens is 278 g/mol. The van der Waals surface area contributed by atoms with E-state index in [4.69, 9.17) is 0 Å². The van der Waals surface area contributed by atoms with Gasteiger partial charge in [-0.1, -0.05) is 6.92 Å². The molecule has 1 amide bonds. The molecule has 0 fully saturated rings. The molecule has 102 valence electrons. The number of amides is 1. The van der Waals surface area contributed by atoms with Crippen LogP contribution in [-0.2, 0) is 11.3 Å². The molecule has 0 radical (unpaired) electrons. The minimum Gasteiger partial charge on any atom is -0.383 e. The van der Waals surface area contributed by atoms with Gasteiger partial charge in [-0.25, -0.2) is 0 Å². The van der Waals surface area contributed by atoms with Crippen LogP contribution in [0, 0.1) is 0 Å². The number of nitrogens with one attached hydrogen (secondary N) is 1. The standard InChI is InChI=1S/C14H17NO2S2/c1-2-3-13(16)15-8-11-4-5-12(19-11)14(17)10-6-7-18-9-10/h4-7,9,14,17H,2-3,8H2,1H3,(H,15,16). The van der Waals surface area contributed by atoms with Crippen LogP contribution in [0.2, 0.25) is 0 Å². The van der Waals surface area contributed by atoms with Crippen molar-refractivity contribution in [2.24, 2.45) is 0 Å². The van der Waals surface area contributed by atoms with E-state index in [0.29, 0.717) is 13.0 Å². The van der Waals surface area contributed by atoms with Gasteiger partial charge in [-0.05, 0) is 40.9 Å². The van der Waals surface area contributed by atoms with Gasteiger partial charge in [0.2, 0.25) is 5.91 Å². The van der Waals surface area contributed by atoms with Crippen LogP contribution in [0.25, 0.3) is 0 Å². The van der Waals surface area contributed by atoms with Gasteiger partial charge in [-0.15, -0.1) is 11.3 Å². The summed E-state index contributed by atoms with van der Waals surface area (Å²) in [5.41, 5.74) is 0.924. The highest BCUT2D eigenvalue weighted by Gasteiger charge is 2.13. The van der Waals surface area contributed by atoms with E-state index in [-0.39, 0.29) is 5.91 Å². The first-order chi connectivity index (χ1) is 9.20. The van der Waals surface area contributed by atoms with Gasteiger partial charge in [-0.2, -0.15) is 11.3 Å². The number of hydrogen-bond acceptors (Lipinski definition) is 4. The Morgan fingerprint density at radius 2 is 2.26 bits per heavy atom. The average molecular weight is 295 g/mol. The number of rotatable bonds is 6. The molecule has 5 heteroatoms. The van der Waals surface area contributed by atoms with Crippen LogP contribution in [0.1, 0.15) is 41.2 Å². The van der Waals surface area contributed by atoms with Gasteiger partial charge in [0.1, 0.15) is 6.10 Å². The molecule has 3 nitrogen and oxygen atoms in total. The monoisotopic (exact) mass is 295 g/mol. The molecule has 2 aromatic rings. The summed E-state index contributed by atoms with van der Waals surface area (Å²) >= 11 is 3.12. The fraction of sp³-hybridized carbons (Fsp3) is 0.357. The van der Waals surface area contributed by atoms with Crippen LogP contribution in [0.5, 0.6) is 0 Å². The first kappa shape index (κ1) is 14.2. The maximum absolute atomic E-state index is 11.4.